The van der Waals surface area contributed by atoms with Crippen molar-refractivity contribution in [1.29, 1.82) is 0 Å². The van der Waals surface area contributed by atoms with E-state index in [0.717, 1.165) is 70.2 Å². The van der Waals surface area contributed by atoms with Gasteiger partial charge < -0.3 is 19.8 Å². The number of piperazine rings is 1. The summed E-state index contributed by atoms with van der Waals surface area (Å²) < 4.78 is 4.92. The van der Waals surface area contributed by atoms with Crippen LogP contribution < -0.4 is 5.32 Å². The van der Waals surface area contributed by atoms with Crippen LogP contribution >= 0.6 is 0 Å². The first-order valence-electron chi connectivity index (χ1n) is 9.93. The third-order valence-electron chi connectivity index (χ3n) is 5.75. The molecule has 7 nitrogen and oxygen atoms in total. The number of hydrogen-bond donors (Lipinski definition) is 2. The molecule has 0 radical (unpaired) electrons. The van der Waals surface area contributed by atoms with E-state index in [1.54, 1.807) is 6.26 Å². The van der Waals surface area contributed by atoms with Crippen molar-refractivity contribution < 1.29 is 9.63 Å². The number of aromatic nitrogens is 1. The highest BCUT2D eigenvalue weighted by Gasteiger charge is 2.35. The van der Waals surface area contributed by atoms with E-state index in [4.69, 9.17) is 9.52 Å². The van der Waals surface area contributed by atoms with Gasteiger partial charge in [-0.05, 0) is 19.8 Å². The molecule has 2 N–H and O–H groups in total. The van der Waals surface area contributed by atoms with Crippen LogP contribution in [0.3, 0.4) is 0 Å². The first kappa shape index (κ1) is 19.2. The Kier molecular flexibility index (Phi) is 6.53. The standard InChI is InChI=1S/C19H33N5O2/c1-3-20-18(21-15-19(2)8-5-4-6-17(19)25)24-11-9-23(10-12-24)14-16-7-13-26-22-16/h7,13,17,25H,3-6,8-12,14-15H2,1-2H3,(H,20,21). The van der Waals surface area contributed by atoms with E-state index >= 15 is 0 Å². The summed E-state index contributed by atoms with van der Waals surface area (Å²) in [4.78, 5) is 9.64. The number of aliphatic imine (C=N–C) groups is 1. The van der Waals surface area contributed by atoms with Gasteiger partial charge in [-0.1, -0.05) is 24.9 Å². The maximum absolute atomic E-state index is 10.4. The van der Waals surface area contributed by atoms with Gasteiger partial charge in [0.2, 0.25) is 0 Å². The lowest BCUT2D eigenvalue weighted by atomic mass is 9.73. The third kappa shape index (κ3) is 4.76. The van der Waals surface area contributed by atoms with Crippen LogP contribution in [0, 0.1) is 5.41 Å². The summed E-state index contributed by atoms with van der Waals surface area (Å²) in [5.41, 5.74) is 0.895. The second-order valence-electron chi connectivity index (χ2n) is 7.84. The lowest BCUT2D eigenvalue weighted by Crippen LogP contribution is -2.52. The molecule has 0 spiro atoms. The van der Waals surface area contributed by atoms with Crippen LogP contribution in [0.5, 0.6) is 0 Å². The molecule has 2 aliphatic rings. The van der Waals surface area contributed by atoms with Crippen molar-refractivity contribution in [2.45, 2.75) is 52.2 Å². The van der Waals surface area contributed by atoms with Gasteiger partial charge in [-0.25, -0.2) is 0 Å². The molecule has 2 atom stereocenters. The fourth-order valence-electron chi connectivity index (χ4n) is 3.91. The fraction of sp³-hybridized carbons (Fsp3) is 0.789. The number of nitrogens with one attached hydrogen (secondary N) is 1. The minimum atomic E-state index is -0.234. The number of rotatable bonds is 5. The van der Waals surface area contributed by atoms with Crippen molar-refractivity contribution in [3.05, 3.63) is 18.0 Å². The molecule has 1 aliphatic carbocycles. The van der Waals surface area contributed by atoms with Gasteiger partial charge in [0.15, 0.2) is 5.96 Å². The minimum Gasteiger partial charge on any atom is -0.392 e. The van der Waals surface area contributed by atoms with Crippen molar-refractivity contribution in [1.82, 2.24) is 20.3 Å². The lowest BCUT2D eigenvalue weighted by molar-refractivity contribution is 0.00698. The van der Waals surface area contributed by atoms with Gasteiger partial charge in [0.05, 0.1) is 18.3 Å². The van der Waals surface area contributed by atoms with Crippen LogP contribution in [-0.4, -0.2) is 71.4 Å². The maximum Gasteiger partial charge on any atom is 0.194 e. The quantitative estimate of drug-likeness (QED) is 0.612. The van der Waals surface area contributed by atoms with Gasteiger partial charge in [0, 0.05) is 50.7 Å². The van der Waals surface area contributed by atoms with Crippen LogP contribution in [0.1, 0.15) is 45.2 Å². The van der Waals surface area contributed by atoms with Crippen molar-refractivity contribution in [3.8, 4) is 0 Å². The molecular weight excluding hydrogens is 330 g/mol. The van der Waals surface area contributed by atoms with E-state index in [2.05, 4.69) is 34.1 Å². The molecule has 0 aromatic carbocycles. The molecule has 1 aliphatic heterocycles. The van der Waals surface area contributed by atoms with E-state index in [1.165, 1.54) is 6.42 Å². The van der Waals surface area contributed by atoms with Crippen molar-refractivity contribution >= 4 is 5.96 Å². The van der Waals surface area contributed by atoms with Gasteiger partial charge in [-0.3, -0.25) is 9.89 Å². The normalized spacial score (nSPS) is 28.3. The number of hydrogen-bond acceptors (Lipinski definition) is 5. The SMILES string of the molecule is CCNC(=NCC1(C)CCCCC1O)N1CCN(Cc2ccon2)CC1. The molecule has 3 rings (SSSR count). The molecule has 2 fully saturated rings. The molecule has 1 saturated heterocycles. The maximum atomic E-state index is 10.4. The largest absolute Gasteiger partial charge is 0.392 e. The summed E-state index contributed by atoms with van der Waals surface area (Å²) >= 11 is 0. The van der Waals surface area contributed by atoms with Gasteiger partial charge in [-0.2, -0.15) is 0 Å². The fourth-order valence-corrected chi connectivity index (χ4v) is 3.91. The highest BCUT2D eigenvalue weighted by molar-refractivity contribution is 5.80. The first-order valence-corrected chi connectivity index (χ1v) is 9.93. The zero-order valence-electron chi connectivity index (χ0n) is 16.2. The van der Waals surface area contributed by atoms with Crippen LogP contribution in [0.25, 0.3) is 0 Å². The molecule has 1 aromatic heterocycles. The van der Waals surface area contributed by atoms with Crippen LogP contribution in [0.2, 0.25) is 0 Å². The smallest absolute Gasteiger partial charge is 0.194 e. The van der Waals surface area contributed by atoms with E-state index in [0.29, 0.717) is 6.54 Å². The predicted octanol–water partition coefficient (Wildman–Crippen LogP) is 1.70. The monoisotopic (exact) mass is 363 g/mol. The van der Waals surface area contributed by atoms with E-state index in [9.17, 15) is 5.11 Å². The molecule has 0 bridgehead atoms. The Hall–Kier alpha value is -1.60. The molecule has 7 heteroatoms. The Labute approximate surface area is 156 Å². The van der Waals surface area contributed by atoms with Crippen LogP contribution in [0.15, 0.2) is 21.8 Å². The van der Waals surface area contributed by atoms with Gasteiger partial charge in [0.25, 0.3) is 0 Å². The van der Waals surface area contributed by atoms with Crippen molar-refractivity contribution in [2.24, 2.45) is 10.4 Å². The van der Waals surface area contributed by atoms with E-state index in [-0.39, 0.29) is 11.5 Å². The molecule has 26 heavy (non-hydrogen) atoms. The summed E-state index contributed by atoms with van der Waals surface area (Å²) in [6.45, 7) is 10.5. The Bertz CT molecular complexity index is 568. The number of guanidine groups is 1. The summed E-state index contributed by atoms with van der Waals surface area (Å²) in [6, 6.07) is 1.92. The minimum absolute atomic E-state index is 0.0896. The summed E-state index contributed by atoms with van der Waals surface area (Å²) in [5, 5.41) is 17.8. The Balaban J connectivity index is 1.56. The zero-order chi connectivity index (χ0) is 18.4. The molecule has 1 aromatic rings. The summed E-state index contributed by atoms with van der Waals surface area (Å²) in [5.74, 6) is 0.979. The Morgan fingerprint density at radius 1 is 1.38 bits per heavy atom. The number of aliphatic hydroxyl groups excluding tert-OH is 1. The summed E-state index contributed by atoms with van der Waals surface area (Å²) in [7, 11) is 0. The molecule has 0 amide bonds. The Morgan fingerprint density at radius 3 is 2.85 bits per heavy atom. The second kappa shape index (κ2) is 8.86. The van der Waals surface area contributed by atoms with E-state index in [1.807, 2.05) is 6.07 Å². The van der Waals surface area contributed by atoms with Gasteiger partial charge in [0.1, 0.15) is 6.26 Å². The van der Waals surface area contributed by atoms with Gasteiger partial charge >= 0.3 is 0 Å². The lowest BCUT2D eigenvalue weighted by Gasteiger charge is -2.39. The van der Waals surface area contributed by atoms with Gasteiger partial charge in [-0.15, -0.1) is 0 Å². The topological polar surface area (TPSA) is 77.1 Å². The van der Waals surface area contributed by atoms with Crippen LogP contribution in [-0.2, 0) is 6.54 Å². The second-order valence-corrected chi connectivity index (χ2v) is 7.84. The number of nitrogens with zero attached hydrogens (tertiary/aromatic N) is 4. The first-order chi connectivity index (χ1) is 12.6. The number of aliphatic hydroxyl groups is 1. The average Bonchev–Trinajstić information content (AvgIpc) is 3.15. The predicted molar refractivity (Wildman–Crippen MR) is 102 cm³/mol. The molecular formula is C19H33N5O2. The summed E-state index contributed by atoms with van der Waals surface area (Å²) in [6.07, 6.45) is 5.68. The average molecular weight is 364 g/mol. The van der Waals surface area contributed by atoms with Crippen LogP contribution in [0.4, 0.5) is 0 Å². The highest BCUT2D eigenvalue weighted by atomic mass is 16.5. The van der Waals surface area contributed by atoms with E-state index < -0.39 is 0 Å². The molecule has 146 valence electrons. The highest BCUT2D eigenvalue weighted by Crippen LogP contribution is 2.36. The third-order valence-corrected chi connectivity index (χ3v) is 5.75. The van der Waals surface area contributed by atoms with Crippen molar-refractivity contribution in [2.75, 3.05) is 39.3 Å². The molecule has 2 unspecified atom stereocenters. The zero-order valence-corrected chi connectivity index (χ0v) is 16.2. The van der Waals surface area contributed by atoms with Crippen molar-refractivity contribution in [3.63, 3.8) is 0 Å². The molecule has 1 saturated carbocycles. The molecule has 2 heterocycles. The Morgan fingerprint density at radius 2 is 2.19 bits per heavy atom.